The van der Waals surface area contributed by atoms with Crippen molar-refractivity contribution in [3.8, 4) is 17.0 Å². The molecule has 2 aromatic heterocycles. The topological polar surface area (TPSA) is 37.5 Å². The number of phenolic OH excluding ortho intramolecular Hbond substituents is 1. The Bertz CT molecular complexity index is 673. The number of pyridine rings is 1. The fourth-order valence-electron chi connectivity index (χ4n) is 1.92. The summed E-state index contributed by atoms with van der Waals surface area (Å²) in [5.41, 5.74) is 4.04. The Balaban J connectivity index is 2.18. The molecule has 4 heteroatoms. The molecular formula is C13H11BN2O. The van der Waals surface area contributed by atoms with Crippen LogP contribution in [0, 0.1) is 0 Å². The van der Waals surface area contributed by atoms with Crippen molar-refractivity contribution in [3.05, 3.63) is 48.8 Å². The number of imidazole rings is 1. The van der Waals surface area contributed by atoms with Gasteiger partial charge in [-0.25, -0.2) is 4.98 Å². The van der Waals surface area contributed by atoms with E-state index in [2.05, 4.69) is 4.98 Å². The van der Waals surface area contributed by atoms with Crippen LogP contribution in [0.2, 0.25) is 0 Å². The Morgan fingerprint density at radius 2 is 1.88 bits per heavy atom. The molecule has 0 bridgehead atoms. The lowest BCUT2D eigenvalue weighted by Crippen LogP contribution is -2.06. The van der Waals surface area contributed by atoms with E-state index in [1.165, 1.54) is 0 Å². The molecule has 0 aliphatic heterocycles. The highest BCUT2D eigenvalue weighted by Gasteiger charge is 2.05. The molecule has 2 heterocycles. The molecule has 0 aliphatic carbocycles. The van der Waals surface area contributed by atoms with E-state index >= 15 is 0 Å². The van der Waals surface area contributed by atoms with Crippen LogP contribution in [0.3, 0.4) is 0 Å². The van der Waals surface area contributed by atoms with E-state index in [1.54, 1.807) is 12.1 Å². The van der Waals surface area contributed by atoms with Crippen LogP contribution in [0.4, 0.5) is 0 Å². The summed E-state index contributed by atoms with van der Waals surface area (Å²) in [6.45, 7) is 0. The quantitative estimate of drug-likeness (QED) is 0.623. The van der Waals surface area contributed by atoms with Crippen molar-refractivity contribution in [2.45, 2.75) is 0 Å². The summed E-state index contributed by atoms with van der Waals surface area (Å²) in [6, 6.07) is 11.1. The van der Waals surface area contributed by atoms with Crippen molar-refractivity contribution in [1.82, 2.24) is 9.38 Å². The Morgan fingerprint density at radius 1 is 1.12 bits per heavy atom. The van der Waals surface area contributed by atoms with Crippen LogP contribution >= 0.6 is 0 Å². The number of nitrogens with zero attached hydrogens (tertiary/aromatic N) is 2. The number of phenols is 1. The van der Waals surface area contributed by atoms with Gasteiger partial charge in [0.15, 0.2) is 0 Å². The van der Waals surface area contributed by atoms with Gasteiger partial charge in [0.25, 0.3) is 0 Å². The second-order valence-electron chi connectivity index (χ2n) is 4.10. The highest BCUT2D eigenvalue weighted by atomic mass is 16.3. The van der Waals surface area contributed by atoms with Gasteiger partial charge >= 0.3 is 0 Å². The van der Waals surface area contributed by atoms with Gasteiger partial charge in [0.05, 0.1) is 5.69 Å². The largest absolute Gasteiger partial charge is 0.508 e. The molecule has 82 valence electrons. The number of hydrogen-bond acceptors (Lipinski definition) is 2. The summed E-state index contributed by atoms with van der Waals surface area (Å²) >= 11 is 0. The van der Waals surface area contributed by atoms with Gasteiger partial charge in [-0.3, -0.25) is 0 Å². The molecule has 1 aromatic carbocycles. The van der Waals surface area contributed by atoms with Gasteiger partial charge in [0, 0.05) is 18.0 Å². The molecule has 0 radical (unpaired) electrons. The fraction of sp³-hybridized carbons (Fsp3) is 0. The molecule has 0 aliphatic rings. The molecule has 0 atom stereocenters. The molecule has 3 nitrogen and oxygen atoms in total. The van der Waals surface area contributed by atoms with E-state index in [-0.39, 0.29) is 5.75 Å². The van der Waals surface area contributed by atoms with E-state index in [0.717, 1.165) is 22.4 Å². The first-order valence-corrected chi connectivity index (χ1v) is 5.48. The third-order valence-corrected chi connectivity index (χ3v) is 2.84. The molecule has 17 heavy (non-hydrogen) atoms. The molecule has 0 amide bonds. The third-order valence-electron chi connectivity index (χ3n) is 2.84. The van der Waals surface area contributed by atoms with Gasteiger partial charge in [-0.05, 0) is 35.8 Å². The van der Waals surface area contributed by atoms with E-state index in [1.807, 2.05) is 48.9 Å². The average molecular weight is 222 g/mol. The standard InChI is InChI=1S/C13H11BN2O/c14-11-2-1-7-16-8-12(15-13(11)16)9-3-5-10(17)6-4-9/h1-8,17H,14H2. The number of aromatic hydroxyl groups is 1. The number of hydrogen-bond donors (Lipinski definition) is 1. The second-order valence-corrected chi connectivity index (χ2v) is 4.10. The Morgan fingerprint density at radius 3 is 2.59 bits per heavy atom. The SMILES string of the molecule is Bc1cccn2cc(-c3ccc(O)cc3)nc12. The van der Waals surface area contributed by atoms with Crippen LogP contribution in [0.25, 0.3) is 16.9 Å². The Labute approximate surface area is 99.8 Å². The van der Waals surface area contributed by atoms with Crippen LogP contribution in [-0.2, 0) is 0 Å². The molecule has 0 unspecified atom stereocenters. The maximum atomic E-state index is 9.26. The van der Waals surface area contributed by atoms with Gasteiger partial charge in [-0.2, -0.15) is 0 Å². The molecule has 0 saturated carbocycles. The summed E-state index contributed by atoms with van der Waals surface area (Å²) in [6.07, 6.45) is 3.98. The van der Waals surface area contributed by atoms with Crippen molar-refractivity contribution in [3.63, 3.8) is 0 Å². The minimum atomic E-state index is 0.272. The highest BCUT2D eigenvalue weighted by molar-refractivity contribution is 6.36. The van der Waals surface area contributed by atoms with Crippen LogP contribution < -0.4 is 5.46 Å². The first-order valence-electron chi connectivity index (χ1n) is 5.48. The molecule has 3 rings (SSSR count). The van der Waals surface area contributed by atoms with Crippen LogP contribution in [0.1, 0.15) is 0 Å². The van der Waals surface area contributed by atoms with E-state index in [0.29, 0.717) is 0 Å². The van der Waals surface area contributed by atoms with E-state index in [4.69, 9.17) is 0 Å². The average Bonchev–Trinajstić information content (AvgIpc) is 2.75. The monoisotopic (exact) mass is 222 g/mol. The van der Waals surface area contributed by atoms with Gasteiger partial charge < -0.3 is 9.51 Å². The normalized spacial score (nSPS) is 10.8. The van der Waals surface area contributed by atoms with Crippen molar-refractivity contribution in [2.24, 2.45) is 0 Å². The number of aromatic nitrogens is 2. The predicted molar refractivity (Wildman–Crippen MR) is 70.5 cm³/mol. The van der Waals surface area contributed by atoms with Gasteiger partial charge in [-0.15, -0.1) is 0 Å². The summed E-state index contributed by atoms with van der Waals surface area (Å²) in [5.74, 6) is 0.272. The van der Waals surface area contributed by atoms with Gasteiger partial charge in [0.2, 0.25) is 0 Å². The zero-order valence-electron chi connectivity index (χ0n) is 9.46. The number of rotatable bonds is 1. The number of benzene rings is 1. The zero-order valence-corrected chi connectivity index (χ0v) is 9.46. The molecule has 1 N–H and O–H groups in total. The molecule has 0 saturated heterocycles. The van der Waals surface area contributed by atoms with Gasteiger partial charge in [-0.1, -0.05) is 6.07 Å². The lowest BCUT2D eigenvalue weighted by atomic mass is 9.98. The lowest BCUT2D eigenvalue weighted by Gasteiger charge is -1.95. The zero-order chi connectivity index (χ0) is 11.8. The van der Waals surface area contributed by atoms with Crippen molar-refractivity contribution in [1.29, 1.82) is 0 Å². The summed E-state index contributed by atoms with van der Waals surface area (Å²) in [4.78, 5) is 4.59. The van der Waals surface area contributed by atoms with Crippen LogP contribution in [0.15, 0.2) is 48.8 Å². The van der Waals surface area contributed by atoms with E-state index in [9.17, 15) is 5.11 Å². The Hall–Kier alpha value is -2.23. The molecular weight excluding hydrogens is 211 g/mol. The second kappa shape index (κ2) is 3.66. The van der Waals surface area contributed by atoms with Crippen LogP contribution in [0.5, 0.6) is 5.75 Å². The first-order chi connectivity index (χ1) is 8.24. The third kappa shape index (κ3) is 1.67. The van der Waals surface area contributed by atoms with Crippen molar-refractivity contribution in [2.75, 3.05) is 0 Å². The summed E-state index contributed by atoms with van der Waals surface area (Å²) in [5, 5.41) is 9.26. The minimum Gasteiger partial charge on any atom is -0.508 e. The fourth-order valence-corrected chi connectivity index (χ4v) is 1.92. The molecule has 3 aromatic rings. The summed E-state index contributed by atoms with van der Waals surface area (Å²) in [7, 11) is 2.04. The van der Waals surface area contributed by atoms with Crippen molar-refractivity contribution >= 4 is 19.0 Å². The lowest BCUT2D eigenvalue weighted by molar-refractivity contribution is 0.475. The molecule has 0 fully saturated rings. The maximum absolute atomic E-state index is 9.26. The van der Waals surface area contributed by atoms with Crippen molar-refractivity contribution < 1.29 is 5.11 Å². The maximum Gasteiger partial charge on any atom is 0.144 e. The van der Waals surface area contributed by atoms with E-state index < -0.39 is 0 Å². The predicted octanol–water partition coefficient (Wildman–Crippen LogP) is 0.965. The molecule has 0 spiro atoms. The minimum absolute atomic E-state index is 0.272. The first kappa shape index (κ1) is 9.96. The van der Waals surface area contributed by atoms with Gasteiger partial charge in [0.1, 0.15) is 19.2 Å². The van der Waals surface area contributed by atoms with Crippen LogP contribution in [-0.4, -0.2) is 22.3 Å². The summed E-state index contributed by atoms with van der Waals surface area (Å²) < 4.78 is 2.01. The smallest absolute Gasteiger partial charge is 0.144 e. The Kier molecular flexibility index (Phi) is 2.15. The highest BCUT2D eigenvalue weighted by Crippen LogP contribution is 2.20. The number of fused-ring (bicyclic) bond motifs is 1.